The van der Waals surface area contributed by atoms with E-state index in [-0.39, 0.29) is 31.1 Å². The standard InChI is InChI=1S/C16H20F6N2.C4H4O4/c17-15(18,19)7-3-9-24(13-6-8-23-10-13)11-12-4-1-2-5-14(12)16(20,21)22;5-3(6)1-2-4(7)8/h1-2,4-5,13,23H,3,6-11H2;1-2H,(H,5,6)(H,7,8)/b;2-1+/t13-;/m0./s1. The second-order valence-corrected chi connectivity index (χ2v) is 7.00. The third kappa shape index (κ3) is 11.1. The molecule has 32 heavy (non-hydrogen) atoms. The Morgan fingerprint density at radius 2 is 1.66 bits per heavy atom. The van der Waals surface area contributed by atoms with Gasteiger partial charge in [-0.15, -0.1) is 0 Å². The van der Waals surface area contributed by atoms with Crippen LogP contribution >= 0.6 is 0 Å². The first kappa shape index (κ1) is 27.4. The number of nitrogens with zero attached hydrogens (tertiary/aromatic N) is 1. The molecule has 1 saturated heterocycles. The molecule has 180 valence electrons. The van der Waals surface area contributed by atoms with E-state index in [0.717, 1.165) is 19.0 Å². The number of carbonyl (C=O) groups is 2. The van der Waals surface area contributed by atoms with Gasteiger partial charge < -0.3 is 15.5 Å². The van der Waals surface area contributed by atoms with Crippen LogP contribution in [0.5, 0.6) is 0 Å². The van der Waals surface area contributed by atoms with Crippen molar-refractivity contribution < 1.29 is 46.1 Å². The number of aliphatic carboxylic acids is 2. The molecule has 0 unspecified atom stereocenters. The summed E-state index contributed by atoms with van der Waals surface area (Å²) in [5.41, 5.74) is -0.624. The van der Waals surface area contributed by atoms with Gasteiger partial charge >= 0.3 is 24.3 Å². The van der Waals surface area contributed by atoms with E-state index in [9.17, 15) is 35.9 Å². The molecule has 0 saturated carbocycles. The van der Waals surface area contributed by atoms with Crippen molar-refractivity contribution >= 4 is 11.9 Å². The van der Waals surface area contributed by atoms with Gasteiger partial charge in [0.05, 0.1) is 5.56 Å². The lowest BCUT2D eigenvalue weighted by atomic mass is 10.0. The van der Waals surface area contributed by atoms with Crippen LogP contribution < -0.4 is 5.32 Å². The quantitative estimate of drug-likeness (QED) is 0.394. The molecule has 1 aromatic carbocycles. The van der Waals surface area contributed by atoms with Crippen LogP contribution in [-0.2, 0) is 22.3 Å². The predicted molar refractivity (Wildman–Crippen MR) is 103 cm³/mol. The van der Waals surface area contributed by atoms with Gasteiger partial charge in [0, 0.05) is 37.7 Å². The van der Waals surface area contributed by atoms with Crippen LogP contribution in [0.4, 0.5) is 26.3 Å². The predicted octanol–water partition coefficient (Wildman–Crippen LogP) is 3.92. The molecular formula is C20H24F6N2O4. The summed E-state index contributed by atoms with van der Waals surface area (Å²) < 4.78 is 76.4. The van der Waals surface area contributed by atoms with Gasteiger partial charge in [0.25, 0.3) is 0 Å². The Labute approximate surface area is 180 Å². The molecule has 3 N–H and O–H groups in total. The zero-order valence-corrected chi connectivity index (χ0v) is 16.9. The molecule has 1 fully saturated rings. The van der Waals surface area contributed by atoms with Crippen LogP contribution in [0.2, 0.25) is 0 Å². The van der Waals surface area contributed by atoms with Gasteiger partial charge in [0.2, 0.25) is 0 Å². The monoisotopic (exact) mass is 470 g/mol. The SMILES string of the molecule is FC(F)(F)CCCN(Cc1ccccc1C(F)(F)F)[C@H]1CCNC1.O=C(O)/C=C/C(=O)O. The fourth-order valence-corrected chi connectivity index (χ4v) is 3.12. The number of hydrogen-bond donors (Lipinski definition) is 3. The van der Waals surface area contributed by atoms with Crippen LogP contribution in [0.1, 0.15) is 30.4 Å². The highest BCUT2D eigenvalue weighted by Crippen LogP contribution is 2.33. The van der Waals surface area contributed by atoms with Crippen LogP contribution in [0.25, 0.3) is 0 Å². The van der Waals surface area contributed by atoms with E-state index in [0.29, 0.717) is 18.7 Å². The van der Waals surface area contributed by atoms with Gasteiger partial charge in [-0.05, 0) is 37.6 Å². The maximum absolute atomic E-state index is 13.1. The Bertz CT molecular complexity index is 758. The van der Waals surface area contributed by atoms with E-state index in [2.05, 4.69) is 5.32 Å². The van der Waals surface area contributed by atoms with Gasteiger partial charge in [-0.1, -0.05) is 18.2 Å². The van der Waals surface area contributed by atoms with E-state index in [4.69, 9.17) is 10.2 Å². The van der Waals surface area contributed by atoms with Crippen molar-refractivity contribution in [3.63, 3.8) is 0 Å². The van der Waals surface area contributed by atoms with Crippen molar-refractivity contribution in [3.05, 3.63) is 47.5 Å². The van der Waals surface area contributed by atoms with Gasteiger partial charge in [0.15, 0.2) is 0 Å². The molecular weight excluding hydrogens is 446 g/mol. The molecule has 1 aliphatic heterocycles. The lowest BCUT2D eigenvalue weighted by Crippen LogP contribution is -2.38. The smallest absolute Gasteiger partial charge is 0.416 e. The minimum atomic E-state index is -4.47. The van der Waals surface area contributed by atoms with Crippen LogP contribution in [0.3, 0.4) is 0 Å². The number of halogens is 6. The van der Waals surface area contributed by atoms with Gasteiger partial charge in [-0.25, -0.2) is 9.59 Å². The second-order valence-electron chi connectivity index (χ2n) is 7.00. The Morgan fingerprint density at radius 1 is 1.06 bits per heavy atom. The van der Waals surface area contributed by atoms with E-state index in [1.807, 2.05) is 0 Å². The molecule has 2 rings (SSSR count). The average molecular weight is 470 g/mol. The lowest BCUT2D eigenvalue weighted by Gasteiger charge is -2.29. The highest BCUT2D eigenvalue weighted by Gasteiger charge is 2.34. The zero-order chi connectivity index (χ0) is 24.4. The molecule has 0 bridgehead atoms. The number of hydrogen-bond acceptors (Lipinski definition) is 4. The molecule has 1 aromatic rings. The summed E-state index contributed by atoms with van der Waals surface area (Å²) in [6, 6.07) is 5.19. The summed E-state index contributed by atoms with van der Waals surface area (Å²) in [6.45, 7) is 1.43. The van der Waals surface area contributed by atoms with E-state index in [1.54, 1.807) is 4.90 Å². The van der Waals surface area contributed by atoms with Gasteiger partial charge in [0.1, 0.15) is 0 Å². The summed E-state index contributed by atoms with van der Waals surface area (Å²) in [5.74, 6) is -2.51. The molecule has 1 atom stereocenters. The zero-order valence-electron chi connectivity index (χ0n) is 16.9. The molecule has 0 amide bonds. The molecule has 6 nitrogen and oxygen atoms in total. The number of alkyl halides is 6. The third-order valence-electron chi connectivity index (χ3n) is 4.52. The molecule has 12 heteroatoms. The van der Waals surface area contributed by atoms with Crippen molar-refractivity contribution in [1.29, 1.82) is 0 Å². The third-order valence-corrected chi connectivity index (χ3v) is 4.52. The number of benzene rings is 1. The van der Waals surface area contributed by atoms with Crippen molar-refractivity contribution in [2.75, 3.05) is 19.6 Å². The first-order valence-electron chi connectivity index (χ1n) is 9.60. The summed E-state index contributed by atoms with van der Waals surface area (Å²) in [7, 11) is 0. The van der Waals surface area contributed by atoms with Gasteiger partial charge in [-0.2, -0.15) is 26.3 Å². The van der Waals surface area contributed by atoms with Crippen LogP contribution in [-0.4, -0.2) is 58.9 Å². The van der Waals surface area contributed by atoms with E-state index in [1.165, 1.54) is 18.2 Å². The fraction of sp³-hybridized carbons (Fsp3) is 0.500. The molecule has 1 heterocycles. The van der Waals surface area contributed by atoms with Crippen molar-refractivity contribution in [1.82, 2.24) is 10.2 Å². The average Bonchev–Trinajstić information content (AvgIpc) is 3.19. The Kier molecular flexibility index (Phi) is 10.7. The summed E-state index contributed by atoms with van der Waals surface area (Å²) >= 11 is 0. The molecule has 0 aliphatic carbocycles. The lowest BCUT2D eigenvalue weighted by molar-refractivity contribution is -0.138. The highest BCUT2D eigenvalue weighted by atomic mass is 19.4. The fourth-order valence-electron chi connectivity index (χ4n) is 3.12. The Balaban J connectivity index is 0.000000547. The Hall–Kier alpha value is -2.60. The number of rotatable bonds is 8. The molecule has 1 aliphatic rings. The minimum absolute atomic E-state index is 0.000112. The maximum atomic E-state index is 13.1. The minimum Gasteiger partial charge on any atom is -0.478 e. The maximum Gasteiger partial charge on any atom is 0.416 e. The second kappa shape index (κ2) is 12.4. The number of carboxylic acids is 2. The first-order chi connectivity index (χ1) is 14.8. The highest BCUT2D eigenvalue weighted by molar-refractivity contribution is 5.89. The summed E-state index contributed by atoms with van der Waals surface area (Å²) in [5, 5.41) is 18.7. The number of nitrogens with one attached hydrogen (secondary N) is 1. The van der Waals surface area contributed by atoms with Crippen molar-refractivity contribution in [3.8, 4) is 0 Å². The van der Waals surface area contributed by atoms with Crippen molar-refractivity contribution in [2.24, 2.45) is 0 Å². The first-order valence-corrected chi connectivity index (χ1v) is 9.60. The topological polar surface area (TPSA) is 89.9 Å². The molecule has 0 spiro atoms. The van der Waals surface area contributed by atoms with Crippen LogP contribution in [0, 0.1) is 0 Å². The molecule has 0 aromatic heterocycles. The summed E-state index contributed by atoms with van der Waals surface area (Å²) in [6.07, 6.45) is -7.92. The van der Waals surface area contributed by atoms with E-state index < -0.39 is 36.3 Å². The van der Waals surface area contributed by atoms with Crippen molar-refractivity contribution in [2.45, 2.75) is 44.2 Å². The molecule has 0 radical (unpaired) electrons. The largest absolute Gasteiger partial charge is 0.478 e. The number of carboxylic acid groups (broad SMARTS) is 2. The van der Waals surface area contributed by atoms with Gasteiger partial charge in [-0.3, -0.25) is 4.90 Å². The summed E-state index contributed by atoms with van der Waals surface area (Å²) in [4.78, 5) is 20.8. The van der Waals surface area contributed by atoms with E-state index >= 15 is 0 Å². The normalized spacial score (nSPS) is 16.8. The van der Waals surface area contributed by atoms with Crippen LogP contribution in [0.15, 0.2) is 36.4 Å². The Morgan fingerprint density at radius 3 is 2.12 bits per heavy atom.